The van der Waals surface area contributed by atoms with Crippen molar-refractivity contribution in [2.24, 2.45) is 0 Å². The Morgan fingerprint density at radius 2 is 1.81 bits per heavy atom. The highest BCUT2D eigenvalue weighted by Crippen LogP contribution is 2.16. The van der Waals surface area contributed by atoms with E-state index in [0.29, 0.717) is 10.6 Å². The summed E-state index contributed by atoms with van der Waals surface area (Å²) in [4.78, 5) is 11.7. The van der Waals surface area contributed by atoms with E-state index in [1.165, 1.54) is 0 Å². The summed E-state index contributed by atoms with van der Waals surface area (Å²) < 4.78 is 0.747. The minimum atomic E-state index is -0.505. The Balaban J connectivity index is 2.61. The molecular formula is C9H8ClN5O. The summed E-state index contributed by atoms with van der Waals surface area (Å²) in [5.41, 5.74) is 5.55. The Bertz CT molecular complexity index is 577. The number of rotatable bonds is 1. The Labute approximate surface area is 95.4 Å². The zero-order valence-electron chi connectivity index (χ0n) is 8.09. The highest BCUT2D eigenvalue weighted by atomic mass is 35.5. The van der Waals surface area contributed by atoms with E-state index >= 15 is 0 Å². The normalized spacial score (nSPS) is 10.3. The molecule has 1 aromatic heterocycles. The second kappa shape index (κ2) is 3.82. The number of nitrogen functional groups attached to an aromatic ring is 2. The third-order valence-corrected chi connectivity index (χ3v) is 2.29. The molecule has 0 saturated carbocycles. The van der Waals surface area contributed by atoms with Crippen LogP contribution in [0, 0.1) is 0 Å². The number of nitrogens with zero attached hydrogens (tertiary/aromatic N) is 3. The lowest BCUT2D eigenvalue weighted by Gasteiger charge is -2.03. The minimum Gasteiger partial charge on any atom is -0.366 e. The molecule has 16 heavy (non-hydrogen) atoms. The highest BCUT2D eigenvalue weighted by molar-refractivity contribution is 6.30. The average molecular weight is 238 g/mol. The fourth-order valence-corrected chi connectivity index (χ4v) is 1.33. The summed E-state index contributed by atoms with van der Waals surface area (Å²) in [6, 6.07) is 6.61. The summed E-state index contributed by atoms with van der Waals surface area (Å²) in [6.45, 7) is 0. The molecule has 0 radical (unpaired) electrons. The topological polar surface area (TPSA) is 99.8 Å². The van der Waals surface area contributed by atoms with Crippen molar-refractivity contribution in [1.29, 1.82) is 0 Å². The van der Waals surface area contributed by atoms with E-state index in [0.717, 1.165) is 4.68 Å². The summed E-state index contributed by atoms with van der Waals surface area (Å²) in [6.07, 6.45) is 0. The first-order valence-electron chi connectivity index (χ1n) is 4.36. The van der Waals surface area contributed by atoms with Gasteiger partial charge in [0.15, 0.2) is 5.69 Å². The van der Waals surface area contributed by atoms with Crippen LogP contribution in [0.3, 0.4) is 0 Å². The molecule has 0 atom stereocenters. The van der Waals surface area contributed by atoms with Gasteiger partial charge in [0.25, 0.3) is 5.56 Å². The molecule has 0 spiro atoms. The van der Waals surface area contributed by atoms with Crippen molar-refractivity contribution in [3.05, 3.63) is 39.6 Å². The molecule has 0 fully saturated rings. The van der Waals surface area contributed by atoms with E-state index in [4.69, 9.17) is 23.2 Å². The molecule has 0 aliphatic heterocycles. The van der Waals surface area contributed by atoms with E-state index in [9.17, 15) is 4.79 Å². The Morgan fingerprint density at radius 1 is 1.19 bits per heavy atom. The molecule has 2 rings (SSSR count). The molecule has 1 heterocycles. The quantitative estimate of drug-likeness (QED) is 0.693. The Hall–Kier alpha value is -2.08. The number of hydrogen-bond acceptors (Lipinski definition) is 5. The van der Waals surface area contributed by atoms with Gasteiger partial charge in [-0.05, 0) is 12.1 Å². The molecule has 6 nitrogen and oxygen atoms in total. The summed E-state index contributed by atoms with van der Waals surface area (Å²) in [7, 11) is 0. The molecule has 0 aliphatic carbocycles. The third kappa shape index (κ3) is 1.70. The first-order valence-corrected chi connectivity index (χ1v) is 4.73. The largest absolute Gasteiger partial charge is 0.366 e. The molecule has 0 bridgehead atoms. The fourth-order valence-electron chi connectivity index (χ4n) is 1.20. The SMILES string of the molecule is Nc1nnc(-c2ccc(Cl)cc2)c(=O)n1N. The van der Waals surface area contributed by atoms with Gasteiger partial charge in [0.2, 0.25) is 5.95 Å². The van der Waals surface area contributed by atoms with Gasteiger partial charge in [-0.2, -0.15) is 4.68 Å². The third-order valence-electron chi connectivity index (χ3n) is 2.04. The second-order valence-corrected chi connectivity index (χ2v) is 3.53. The van der Waals surface area contributed by atoms with Crippen LogP contribution in [-0.2, 0) is 0 Å². The van der Waals surface area contributed by atoms with Crippen molar-refractivity contribution in [3.8, 4) is 11.3 Å². The van der Waals surface area contributed by atoms with Crippen LogP contribution in [0.15, 0.2) is 29.1 Å². The predicted molar refractivity (Wildman–Crippen MR) is 61.3 cm³/mol. The molecule has 82 valence electrons. The Morgan fingerprint density at radius 3 is 2.44 bits per heavy atom. The zero-order chi connectivity index (χ0) is 11.7. The molecule has 0 aliphatic rings. The van der Waals surface area contributed by atoms with Gasteiger partial charge in [0.1, 0.15) is 0 Å². The van der Waals surface area contributed by atoms with Crippen molar-refractivity contribution < 1.29 is 0 Å². The zero-order valence-corrected chi connectivity index (χ0v) is 8.85. The van der Waals surface area contributed by atoms with Crippen LogP contribution in [0.4, 0.5) is 5.95 Å². The van der Waals surface area contributed by atoms with E-state index < -0.39 is 5.56 Å². The van der Waals surface area contributed by atoms with Crippen LogP contribution in [0.1, 0.15) is 0 Å². The smallest absolute Gasteiger partial charge is 0.300 e. The monoisotopic (exact) mass is 237 g/mol. The second-order valence-electron chi connectivity index (χ2n) is 3.09. The van der Waals surface area contributed by atoms with E-state index in [-0.39, 0.29) is 11.6 Å². The predicted octanol–water partition coefficient (Wildman–Crippen LogP) is 0.255. The van der Waals surface area contributed by atoms with Crippen molar-refractivity contribution in [2.45, 2.75) is 0 Å². The maximum atomic E-state index is 11.7. The van der Waals surface area contributed by atoms with Crippen LogP contribution in [0.2, 0.25) is 5.02 Å². The number of halogens is 1. The highest BCUT2D eigenvalue weighted by Gasteiger charge is 2.09. The maximum Gasteiger partial charge on any atom is 0.300 e. The molecular weight excluding hydrogens is 230 g/mol. The van der Waals surface area contributed by atoms with Crippen LogP contribution in [0.25, 0.3) is 11.3 Å². The number of anilines is 1. The first-order chi connectivity index (χ1) is 7.59. The lowest BCUT2D eigenvalue weighted by Crippen LogP contribution is -2.32. The number of benzene rings is 1. The molecule has 7 heteroatoms. The molecule has 0 amide bonds. The lowest BCUT2D eigenvalue weighted by atomic mass is 10.2. The van der Waals surface area contributed by atoms with Crippen molar-refractivity contribution in [1.82, 2.24) is 14.9 Å². The van der Waals surface area contributed by atoms with Crippen LogP contribution < -0.4 is 17.1 Å². The van der Waals surface area contributed by atoms with Gasteiger partial charge in [-0.1, -0.05) is 23.7 Å². The van der Waals surface area contributed by atoms with Crippen LogP contribution in [-0.4, -0.2) is 14.9 Å². The van der Waals surface area contributed by atoms with E-state index in [2.05, 4.69) is 10.2 Å². The van der Waals surface area contributed by atoms with Gasteiger partial charge in [-0.25, -0.2) is 0 Å². The summed E-state index contributed by atoms with van der Waals surface area (Å²) >= 11 is 5.73. The van der Waals surface area contributed by atoms with Gasteiger partial charge in [-0.15, -0.1) is 10.2 Å². The van der Waals surface area contributed by atoms with E-state index in [1.807, 2.05) is 0 Å². The van der Waals surface area contributed by atoms with Gasteiger partial charge < -0.3 is 11.6 Å². The van der Waals surface area contributed by atoms with Crippen molar-refractivity contribution in [2.75, 3.05) is 11.6 Å². The van der Waals surface area contributed by atoms with E-state index in [1.54, 1.807) is 24.3 Å². The number of aromatic nitrogens is 3. The maximum absolute atomic E-state index is 11.7. The van der Waals surface area contributed by atoms with Gasteiger partial charge in [0.05, 0.1) is 0 Å². The number of nitrogens with two attached hydrogens (primary N) is 2. The summed E-state index contributed by atoms with van der Waals surface area (Å²) in [5.74, 6) is 5.26. The average Bonchev–Trinajstić information content (AvgIpc) is 2.28. The van der Waals surface area contributed by atoms with Crippen molar-refractivity contribution >= 4 is 17.5 Å². The van der Waals surface area contributed by atoms with Gasteiger partial charge >= 0.3 is 0 Å². The molecule has 4 N–H and O–H groups in total. The van der Waals surface area contributed by atoms with Crippen LogP contribution in [0.5, 0.6) is 0 Å². The molecule has 2 aromatic rings. The lowest BCUT2D eigenvalue weighted by molar-refractivity contribution is 0.848. The first kappa shape index (κ1) is 10.4. The van der Waals surface area contributed by atoms with Gasteiger partial charge in [0, 0.05) is 10.6 Å². The number of hydrogen-bond donors (Lipinski definition) is 2. The summed E-state index contributed by atoms with van der Waals surface area (Å²) in [5, 5.41) is 7.85. The van der Waals surface area contributed by atoms with Crippen LogP contribution >= 0.6 is 11.6 Å². The minimum absolute atomic E-state index is 0.133. The fraction of sp³-hybridized carbons (Fsp3) is 0. The molecule has 1 aromatic carbocycles. The van der Waals surface area contributed by atoms with Crippen molar-refractivity contribution in [3.63, 3.8) is 0 Å². The molecule has 0 unspecified atom stereocenters. The molecule has 0 saturated heterocycles. The standard InChI is InChI=1S/C9H8ClN5O/c10-6-3-1-5(2-4-6)7-8(16)15(12)9(11)14-13-7/h1-4H,12H2,(H2,11,14). The Kier molecular flexibility index (Phi) is 2.49. The van der Waals surface area contributed by atoms with Gasteiger partial charge in [-0.3, -0.25) is 4.79 Å².